The van der Waals surface area contributed by atoms with Crippen LogP contribution < -0.4 is 4.90 Å². The number of nitriles is 1. The Hall–Kier alpha value is -2.79. The molecule has 3 saturated heterocycles. The van der Waals surface area contributed by atoms with Crippen molar-refractivity contribution < 1.29 is 23.8 Å². The van der Waals surface area contributed by atoms with Crippen LogP contribution in [-0.2, 0) is 23.8 Å². The second kappa shape index (κ2) is 6.86. The van der Waals surface area contributed by atoms with E-state index in [0.717, 1.165) is 10.8 Å². The van der Waals surface area contributed by atoms with Crippen molar-refractivity contribution in [2.24, 2.45) is 11.8 Å². The Morgan fingerprint density at radius 3 is 2.61 bits per heavy atom. The van der Waals surface area contributed by atoms with Gasteiger partial charge in [0.2, 0.25) is 11.8 Å². The van der Waals surface area contributed by atoms with Crippen LogP contribution in [0.4, 0.5) is 5.69 Å². The molecule has 3 aliphatic rings. The van der Waals surface area contributed by atoms with Gasteiger partial charge in [-0.25, -0.2) is 4.90 Å². The fraction of sp³-hybridized carbons (Fsp3) is 0.458. The molecule has 160 valence electrons. The number of imide groups is 1. The molecule has 2 aromatic rings. The zero-order valence-corrected chi connectivity index (χ0v) is 17.8. The Kier molecular flexibility index (Phi) is 4.45. The van der Waals surface area contributed by atoms with Crippen LogP contribution in [0.25, 0.3) is 10.8 Å². The van der Waals surface area contributed by atoms with Gasteiger partial charge in [-0.05, 0) is 18.4 Å². The van der Waals surface area contributed by atoms with Gasteiger partial charge >= 0.3 is 0 Å². The van der Waals surface area contributed by atoms with Gasteiger partial charge in [0.1, 0.15) is 11.7 Å². The smallest absolute Gasteiger partial charge is 0.240 e. The number of hydrogen-bond donors (Lipinski definition) is 0. The van der Waals surface area contributed by atoms with Crippen LogP contribution in [0.15, 0.2) is 36.4 Å². The molecular formula is C24H24N2O5. The minimum absolute atomic E-state index is 0.297. The highest BCUT2D eigenvalue weighted by atomic mass is 16.6. The minimum atomic E-state index is -0.904. The molecule has 0 aliphatic carbocycles. The van der Waals surface area contributed by atoms with E-state index in [0.29, 0.717) is 30.7 Å². The molecule has 0 saturated carbocycles. The van der Waals surface area contributed by atoms with Crippen molar-refractivity contribution in [3.8, 4) is 6.07 Å². The zero-order chi connectivity index (χ0) is 22.0. The van der Waals surface area contributed by atoms with E-state index in [4.69, 9.17) is 14.2 Å². The lowest BCUT2D eigenvalue weighted by Gasteiger charge is -2.35. The number of ether oxygens (including phenoxy) is 3. The van der Waals surface area contributed by atoms with Crippen LogP contribution >= 0.6 is 0 Å². The number of nitrogens with zero attached hydrogens (tertiary/aromatic N) is 2. The van der Waals surface area contributed by atoms with Gasteiger partial charge in [-0.1, -0.05) is 30.3 Å². The zero-order valence-electron chi connectivity index (χ0n) is 17.8. The molecule has 2 amide bonds. The summed E-state index contributed by atoms with van der Waals surface area (Å²) in [7, 11) is 3.21. The lowest BCUT2D eigenvalue weighted by Crippen LogP contribution is -2.50. The first kappa shape index (κ1) is 20.1. The van der Waals surface area contributed by atoms with Crippen LogP contribution in [0.3, 0.4) is 0 Å². The van der Waals surface area contributed by atoms with Gasteiger partial charge in [0.15, 0.2) is 0 Å². The number of methoxy groups -OCH3 is 2. The highest BCUT2D eigenvalue weighted by Gasteiger charge is 2.77. The first-order chi connectivity index (χ1) is 14.9. The number of anilines is 1. The number of amides is 2. The molecule has 5 rings (SSSR count). The Bertz CT molecular complexity index is 1140. The SMILES string of the molecule is COCCC12CC(OC)C(C)(O1)C1C(=O)N(c3ccc4ccccc4c3C#N)C(=O)C12. The number of fused-ring (bicyclic) bond motifs is 6. The highest BCUT2D eigenvalue weighted by molar-refractivity contribution is 6.24. The van der Waals surface area contributed by atoms with E-state index in [2.05, 4.69) is 6.07 Å². The second-order valence-corrected chi connectivity index (χ2v) is 8.78. The van der Waals surface area contributed by atoms with E-state index in [9.17, 15) is 14.9 Å². The molecule has 0 spiro atoms. The molecule has 5 unspecified atom stereocenters. The fourth-order valence-electron chi connectivity index (χ4n) is 5.99. The maximum Gasteiger partial charge on any atom is 0.240 e. The van der Waals surface area contributed by atoms with E-state index < -0.39 is 23.0 Å². The lowest BCUT2D eigenvalue weighted by atomic mass is 9.66. The molecule has 5 atom stereocenters. The summed E-state index contributed by atoms with van der Waals surface area (Å²) < 4.78 is 17.4. The Balaban J connectivity index is 1.64. The van der Waals surface area contributed by atoms with Gasteiger partial charge in [-0.2, -0.15) is 5.26 Å². The Morgan fingerprint density at radius 2 is 1.90 bits per heavy atom. The highest BCUT2D eigenvalue weighted by Crippen LogP contribution is 2.63. The molecule has 2 aromatic carbocycles. The van der Waals surface area contributed by atoms with Gasteiger partial charge < -0.3 is 14.2 Å². The van der Waals surface area contributed by atoms with Gasteiger partial charge in [0.05, 0.1) is 34.8 Å². The largest absolute Gasteiger partial charge is 0.385 e. The number of hydrogen-bond acceptors (Lipinski definition) is 6. The first-order valence-electron chi connectivity index (χ1n) is 10.4. The van der Waals surface area contributed by atoms with Crippen molar-refractivity contribution in [3.63, 3.8) is 0 Å². The second-order valence-electron chi connectivity index (χ2n) is 8.78. The molecule has 7 heteroatoms. The predicted molar refractivity (Wildman–Crippen MR) is 112 cm³/mol. The summed E-state index contributed by atoms with van der Waals surface area (Å²) in [5.41, 5.74) is -1.06. The molecule has 3 fully saturated rings. The Labute approximate surface area is 180 Å². The van der Waals surface area contributed by atoms with Crippen molar-refractivity contribution in [1.29, 1.82) is 5.26 Å². The molecule has 0 N–H and O–H groups in total. The molecule has 31 heavy (non-hydrogen) atoms. The monoisotopic (exact) mass is 420 g/mol. The molecule has 0 radical (unpaired) electrons. The molecule has 2 bridgehead atoms. The Morgan fingerprint density at radius 1 is 1.16 bits per heavy atom. The quantitative estimate of drug-likeness (QED) is 0.691. The third-order valence-corrected chi connectivity index (χ3v) is 7.36. The van der Waals surface area contributed by atoms with Crippen molar-refractivity contribution >= 4 is 28.3 Å². The molecule has 7 nitrogen and oxygen atoms in total. The maximum absolute atomic E-state index is 13.7. The van der Waals surface area contributed by atoms with Crippen LogP contribution in [0.1, 0.15) is 25.3 Å². The van der Waals surface area contributed by atoms with Gasteiger partial charge in [-0.15, -0.1) is 0 Å². The average Bonchev–Trinajstić information content (AvgIpc) is 3.33. The summed E-state index contributed by atoms with van der Waals surface area (Å²) in [6, 6.07) is 13.2. The summed E-state index contributed by atoms with van der Waals surface area (Å²) >= 11 is 0. The van der Waals surface area contributed by atoms with E-state index in [1.807, 2.05) is 37.3 Å². The molecule has 3 heterocycles. The maximum atomic E-state index is 13.7. The average molecular weight is 420 g/mol. The summed E-state index contributed by atoms with van der Waals surface area (Å²) in [5, 5.41) is 11.5. The van der Waals surface area contributed by atoms with E-state index in [-0.39, 0.29) is 17.9 Å². The molecule has 3 aliphatic heterocycles. The van der Waals surface area contributed by atoms with Crippen molar-refractivity contribution in [2.45, 2.75) is 37.1 Å². The minimum Gasteiger partial charge on any atom is -0.385 e. The molecule has 0 aromatic heterocycles. The fourth-order valence-corrected chi connectivity index (χ4v) is 5.99. The number of carbonyl (C=O) groups excluding carboxylic acids is 2. The van der Waals surface area contributed by atoms with Crippen LogP contribution in [0, 0.1) is 23.2 Å². The van der Waals surface area contributed by atoms with Gasteiger partial charge in [-0.3, -0.25) is 9.59 Å². The third kappa shape index (κ3) is 2.50. The van der Waals surface area contributed by atoms with E-state index in [1.165, 1.54) is 4.90 Å². The summed E-state index contributed by atoms with van der Waals surface area (Å²) in [6.45, 7) is 2.28. The molecular weight excluding hydrogens is 396 g/mol. The van der Waals surface area contributed by atoms with Crippen molar-refractivity contribution in [3.05, 3.63) is 42.0 Å². The standard InChI is InChI=1S/C24H24N2O5/c1-23-18(30-3)12-24(31-23,10-11-29-2)20-19(23)21(27)26(22(20)28)17-9-8-14-6-4-5-7-15(14)16(17)13-25/h4-9,18-20H,10-12H2,1-3H3. The van der Waals surface area contributed by atoms with Crippen LogP contribution in [-0.4, -0.2) is 49.9 Å². The normalized spacial score (nSPS) is 33.9. The summed E-state index contributed by atoms with van der Waals surface area (Å²) in [6.07, 6.45) is 0.727. The number of rotatable bonds is 5. The number of carbonyl (C=O) groups is 2. The topological polar surface area (TPSA) is 88.9 Å². The summed E-state index contributed by atoms with van der Waals surface area (Å²) in [5.74, 6) is -1.92. The number of benzene rings is 2. The first-order valence-corrected chi connectivity index (χ1v) is 10.4. The van der Waals surface area contributed by atoms with Crippen LogP contribution in [0.5, 0.6) is 0 Å². The van der Waals surface area contributed by atoms with E-state index >= 15 is 0 Å². The van der Waals surface area contributed by atoms with Crippen molar-refractivity contribution in [1.82, 2.24) is 0 Å². The van der Waals surface area contributed by atoms with Gasteiger partial charge in [0, 0.05) is 39.1 Å². The van der Waals surface area contributed by atoms with Crippen LogP contribution in [0.2, 0.25) is 0 Å². The van der Waals surface area contributed by atoms with Crippen molar-refractivity contribution in [2.75, 3.05) is 25.7 Å². The third-order valence-electron chi connectivity index (χ3n) is 7.36. The predicted octanol–water partition coefficient (Wildman–Crippen LogP) is 2.80. The van der Waals surface area contributed by atoms with Gasteiger partial charge in [0.25, 0.3) is 0 Å². The summed E-state index contributed by atoms with van der Waals surface area (Å²) in [4.78, 5) is 28.6. The lowest BCUT2D eigenvalue weighted by molar-refractivity contribution is -0.135. The van der Waals surface area contributed by atoms with E-state index in [1.54, 1.807) is 20.3 Å².